The lowest BCUT2D eigenvalue weighted by Gasteiger charge is -2.23. The molecule has 1 aromatic carbocycles. The molecule has 2 N–H and O–H groups in total. The van der Waals surface area contributed by atoms with Crippen molar-refractivity contribution in [3.63, 3.8) is 0 Å². The molecular weight excluding hydrogens is 336 g/mol. The van der Waals surface area contributed by atoms with E-state index in [9.17, 15) is 4.79 Å². The summed E-state index contributed by atoms with van der Waals surface area (Å²) in [6.45, 7) is 6.95. The molecule has 2 heterocycles. The molecule has 5 nitrogen and oxygen atoms in total. The molecule has 5 heteroatoms. The zero-order valence-corrected chi connectivity index (χ0v) is 15.9. The monoisotopic (exact) mass is 360 g/mol. The van der Waals surface area contributed by atoms with Crippen LogP contribution >= 0.6 is 0 Å². The van der Waals surface area contributed by atoms with Crippen molar-refractivity contribution in [3.05, 3.63) is 83.9 Å². The van der Waals surface area contributed by atoms with Crippen molar-refractivity contribution in [2.45, 2.75) is 32.7 Å². The first-order chi connectivity index (χ1) is 12.9. The fourth-order valence-corrected chi connectivity index (χ4v) is 2.82. The zero-order valence-electron chi connectivity index (χ0n) is 15.9. The number of aromatic nitrogens is 2. The normalized spacial score (nSPS) is 11.1. The van der Waals surface area contributed by atoms with E-state index in [-0.39, 0.29) is 11.3 Å². The molecule has 0 aliphatic carbocycles. The van der Waals surface area contributed by atoms with Gasteiger partial charge in [0.05, 0.1) is 17.4 Å². The highest BCUT2D eigenvalue weighted by Crippen LogP contribution is 2.31. The smallest absolute Gasteiger partial charge is 0.253 e. The number of carbonyl (C=O) groups is 1. The van der Waals surface area contributed by atoms with Gasteiger partial charge in [-0.2, -0.15) is 0 Å². The molecule has 0 spiro atoms. The van der Waals surface area contributed by atoms with Crippen molar-refractivity contribution < 1.29 is 4.79 Å². The molecule has 0 aliphatic rings. The van der Waals surface area contributed by atoms with Crippen molar-refractivity contribution in [2.24, 2.45) is 0 Å². The molecule has 3 rings (SSSR count). The number of hydrogen-bond donors (Lipinski definition) is 2. The van der Waals surface area contributed by atoms with Gasteiger partial charge in [-0.3, -0.25) is 14.8 Å². The minimum Gasteiger partial charge on any atom is -0.354 e. The van der Waals surface area contributed by atoms with Crippen LogP contribution in [0.25, 0.3) is 0 Å². The van der Waals surface area contributed by atoms with Gasteiger partial charge in [0.1, 0.15) is 0 Å². The third kappa shape index (κ3) is 4.91. The van der Waals surface area contributed by atoms with Crippen LogP contribution in [0.2, 0.25) is 0 Å². The van der Waals surface area contributed by atoms with E-state index in [2.05, 4.69) is 47.4 Å². The molecule has 0 fully saturated rings. The number of nitrogens with zero attached hydrogens (tertiary/aromatic N) is 2. The van der Waals surface area contributed by atoms with Gasteiger partial charge in [0.2, 0.25) is 0 Å². The number of anilines is 2. The van der Waals surface area contributed by atoms with Crippen LogP contribution in [-0.4, -0.2) is 15.9 Å². The summed E-state index contributed by atoms with van der Waals surface area (Å²) in [4.78, 5) is 20.7. The summed E-state index contributed by atoms with van der Waals surface area (Å²) < 4.78 is 0. The minimum atomic E-state index is -0.167. The molecule has 0 radical (unpaired) electrons. The lowest BCUT2D eigenvalue weighted by atomic mass is 9.86. The summed E-state index contributed by atoms with van der Waals surface area (Å²) in [5.41, 5.74) is 4.47. The van der Waals surface area contributed by atoms with Gasteiger partial charge >= 0.3 is 0 Å². The third-order valence-electron chi connectivity index (χ3n) is 4.19. The standard InChI is InChI=1S/C22H24N4O/c1-22(2,3)19-8-4-5-9-20(19)26-18-11-17(14-24-15-18)21(27)25-13-16-7-6-10-23-12-16/h4-12,14-15,26H,13H2,1-3H3,(H,25,27). The molecular formula is C22H24N4O. The second-order valence-electron chi connectivity index (χ2n) is 7.43. The zero-order chi connectivity index (χ0) is 19.3. The summed E-state index contributed by atoms with van der Waals surface area (Å²) in [5.74, 6) is -0.167. The summed E-state index contributed by atoms with van der Waals surface area (Å²) in [6, 6.07) is 13.8. The Balaban J connectivity index is 1.74. The van der Waals surface area contributed by atoms with Gasteiger partial charge in [-0.15, -0.1) is 0 Å². The van der Waals surface area contributed by atoms with E-state index >= 15 is 0 Å². The summed E-state index contributed by atoms with van der Waals surface area (Å²) >= 11 is 0. The number of para-hydroxylation sites is 1. The highest BCUT2D eigenvalue weighted by Gasteiger charge is 2.17. The first kappa shape index (κ1) is 18.6. The largest absolute Gasteiger partial charge is 0.354 e. The molecule has 27 heavy (non-hydrogen) atoms. The summed E-state index contributed by atoms with van der Waals surface area (Å²) in [5, 5.41) is 6.29. The number of pyridine rings is 2. The van der Waals surface area contributed by atoms with E-state index < -0.39 is 0 Å². The number of amides is 1. The molecule has 1 amide bonds. The fraction of sp³-hybridized carbons (Fsp3) is 0.227. The van der Waals surface area contributed by atoms with E-state index in [1.54, 1.807) is 24.8 Å². The minimum absolute atomic E-state index is 0.00965. The Bertz CT molecular complexity index is 917. The van der Waals surface area contributed by atoms with Crippen LogP contribution in [0.4, 0.5) is 11.4 Å². The lowest BCUT2D eigenvalue weighted by Crippen LogP contribution is -2.23. The van der Waals surface area contributed by atoms with Gasteiger partial charge in [0.15, 0.2) is 0 Å². The van der Waals surface area contributed by atoms with Crippen LogP contribution in [0.5, 0.6) is 0 Å². The molecule has 0 saturated carbocycles. The number of nitrogens with one attached hydrogen (secondary N) is 2. The van der Waals surface area contributed by atoms with E-state index in [0.29, 0.717) is 12.1 Å². The van der Waals surface area contributed by atoms with Gasteiger partial charge in [-0.25, -0.2) is 0 Å². The topological polar surface area (TPSA) is 66.9 Å². The molecule has 0 bridgehead atoms. The van der Waals surface area contributed by atoms with Gasteiger partial charge in [0, 0.05) is 30.8 Å². The fourth-order valence-electron chi connectivity index (χ4n) is 2.82. The van der Waals surface area contributed by atoms with Gasteiger partial charge < -0.3 is 10.6 Å². The Morgan fingerprint density at radius 2 is 1.81 bits per heavy atom. The maximum atomic E-state index is 12.4. The van der Waals surface area contributed by atoms with Gasteiger partial charge in [-0.05, 0) is 34.7 Å². The molecule has 0 atom stereocenters. The first-order valence-corrected chi connectivity index (χ1v) is 8.92. The van der Waals surface area contributed by atoms with Crippen LogP contribution in [0.3, 0.4) is 0 Å². The van der Waals surface area contributed by atoms with Crippen LogP contribution in [0.1, 0.15) is 42.3 Å². The van der Waals surface area contributed by atoms with Crippen LogP contribution in [0.15, 0.2) is 67.3 Å². The molecule has 0 aliphatic heterocycles. The lowest BCUT2D eigenvalue weighted by molar-refractivity contribution is 0.0950. The van der Waals surface area contributed by atoms with E-state index in [1.165, 1.54) is 5.56 Å². The Hall–Kier alpha value is -3.21. The maximum absolute atomic E-state index is 12.4. The highest BCUT2D eigenvalue weighted by atomic mass is 16.1. The van der Waals surface area contributed by atoms with Crippen molar-refractivity contribution >= 4 is 17.3 Å². The van der Waals surface area contributed by atoms with E-state index in [4.69, 9.17) is 0 Å². The second-order valence-corrected chi connectivity index (χ2v) is 7.43. The van der Waals surface area contributed by atoms with Crippen molar-refractivity contribution in [2.75, 3.05) is 5.32 Å². The Morgan fingerprint density at radius 3 is 2.56 bits per heavy atom. The quantitative estimate of drug-likeness (QED) is 0.705. The average molecular weight is 360 g/mol. The van der Waals surface area contributed by atoms with Crippen LogP contribution in [-0.2, 0) is 12.0 Å². The highest BCUT2D eigenvalue weighted by molar-refractivity contribution is 5.94. The van der Waals surface area contributed by atoms with E-state index in [0.717, 1.165) is 16.9 Å². The third-order valence-corrected chi connectivity index (χ3v) is 4.19. The first-order valence-electron chi connectivity index (χ1n) is 8.92. The number of carbonyl (C=O) groups excluding carboxylic acids is 1. The van der Waals surface area contributed by atoms with Gasteiger partial charge in [0.25, 0.3) is 5.91 Å². The number of rotatable bonds is 5. The second kappa shape index (κ2) is 7.99. The predicted molar refractivity (Wildman–Crippen MR) is 108 cm³/mol. The summed E-state index contributed by atoms with van der Waals surface area (Å²) in [6.07, 6.45) is 6.73. The number of hydrogen-bond acceptors (Lipinski definition) is 4. The number of benzene rings is 1. The summed E-state index contributed by atoms with van der Waals surface area (Å²) in [7, 11) is 0. The molecule has 2 aromatic heterocycles. The predicted octanol–water partition coefficient (Wildman–Crippen LogP) is 4.45. The molecule has 138 valence electrons. The van der Waals surface area contributed by atoms with E-state index in [1.807, 2.05) is 36.4 Å². The van der Waals surface area contributed by atoms with Crippen LogP contribution < -0.4 is 10.6 Å². The Kier molecular flexibility index (Phi) is 5.50. The molecule has 0 unspecified atom stereocenters. The van der Waals surface area contributed by atoms with Crippen molar-refractivity contribution in [3.8, 4) is 0 Å². The van der Waals surface area contributed by atoms with Gasteiger partial charge in [-0.1, -0.05) is 45.0 Å². The molecule has 0 saturated heterocycles. The maximum Gasteiger partial charge on any atom is 0.253 e. The van der Waals surface area contributed by atoms with Crippen LogP contribution in [0, 0.1) is 0 Å². The SMILES string of the molecule is CC(C)(C)c1ccccc1Nc1cncc(C(=O)NCc2cccnc2)c1. The van der Waals surface area contributed by atoms with Crippen molar-refractivity contribution in [1.29, 1.82) is 0 Å². The Morgan fingerprint density at radius 1 is 1.00 bits per heavy atom. The molecule has 3 aromatic rings. The Labute approximate surface area is 159 Å². The van der Waals surface area contributed by atoms with Crippen molar-refractivity contribution in [1.82, 2.24) is 15.3 Å². The average Bonchev–Trinajstić information content (AvgIpc) is 2.67.